The second kappa shape index (κ2) is 10.1. The number of likely N-dealkylation sites (tertiary alicyclic amines) is 1. The van der Waals surface area contributed by atoms with Crippen molar-refractivity contribution < 1.29 is 9.53 Å². The molecule has 1 saturated heterocycles. The van der Waals surface area contributed by atoms with Crippen LogP contribution >= 0.6 is 0 Å². The first-order valence-electron chi connectivity index (χ1n) is 12.6. The van der Waals surface area contributed by atoms with Crippen LogP contribution in [0.25, 0.3) is 22.2 Å². The van der Waals surface area contributed by atoms with Crippen molar-refractivity contribution in [3.63, 3.8) is 0 Å². The Morgan fingerprint density at radius 1 is 1.11 bits per heavy atom. The summed E-state index contributed by atoms with van der Waals surface area (Å²) in [6.07, 6.45) is 4.66. The van der Waals surface area contributed by atoms with Crippen LogP contribution in [-0.2, 0) is 13.5 Å². The minimum Gasteiger partial charge on any atom is -0.457 e. The molecule has 1 aliphatic rings. The van der Waals surface area contributed by atoms with E-state index in [0.717, 1.165) is 77.1 Å². The lowest BCUT2D eigenvalue weighted by Crippen LogP contribution is -2.46. The number of hydrogen-bond donors (Lipinski definition) is 1. The molecule has 1 aliphatic heterocycles. The van der Waals surface area contributed by atoms with E-state index >= 15 is 0 Å². The third-order valence-corrected chi connectivity index (χ3v) is 6.96. The summed E-state index contributed by atoms with van der Waals surface area (Å²) in [5.74, 6) is 1.46. The van der Waals surface area contributed by atoms with Gasteiger partial charge in [0.05, 0.1) is 16.9 Å². The number of ether oxygens (including phenoxy) is 1. The zero-order chi connectivity index (χ0) is 25.2. The van der Waals surface area contributed by atoms with Crippen molar-refractivity contribution in [1.29, 1.82) is 0 Å². The van der Waals surface area contributed by atoms with Gasteiger partial charge in [0.15, 0.2) is 0 Å². The Labute approximate surface area is 212 Å². The number of amides is 1. The molecule has 1 N–H and O–H groups in total. The van der Waals surface area contributed by atoms with Gasteiger partial charge in [-0.25, -0.2) is 0 Å². The van der Waals surface area contributed by atoms with Crippen molar-refractivity contribution in [3.8, 4) is 22.8 Å². The van der Waals surface area contributed by atoms with E-state index in [4.69, 9.17) is 4.74 Å². The van der Waals surface area contributed by atoms with Crippen LogP contribution in [-0.4, -0.2) is 51.8 Å². The van der Waals surface area contributed by atoms with Crippen molar-refractivity contribution in [1.82, 2.24) is 25.0 Å². The minimum absolute atomic E-state index is 0.00420. The standard InChI is InChI=1S/C29H33N5O2/c1-5-20-15-21(8-10-26(20)29(35)31-22-7-6-14-33(3)18-22)27-16-24(12-13-30-27)36-23-9-11-25-19(2)32-34(4)28(25)17-23/h8-13,15-17,22H,5-7,14,18H2,1-4H3,(H,31,35)/t22-/m1/s1. The Kier molecular flexibility index (Phi) is 6.74. The number of aryl methyl sites for hydroxylation is 3. The number of likely N-dealkylation sites (N-methyl/N-ethyl adjacent to an activating group) is 1. The largest absolute Gasteiger partial charge is 0.457 e. The molecule has 4 aromatic rings. The Hall–Kier alpha value is -3.71. The molecule has 0 spiro atoms. The van der Waals surface area contributed by atoms with Crippen LogP contribution in [0.15, 0.2) is 54.7 Å². The van der Waals surface area contributed by atoms with Crippen LogP contribution < -0.4 is 10.1 Å². The quantitative estimate of drug-likeness (QED) is 0.412. The van der Waals surface area contributed by atoms with Crippen LogP contribution in [0.4, 0.5) is 0 Å². The highest BCUT2D eigenvalue weighted by atomic mass is 16.5. The molecule has 0 unspecified atom stereocenters. The molecule has 0 bridgehead atoms. The summed E-state index contributed by atoms with van der Waals surface area (Å²) in [4.78, 5) is 19.9. The smallest absolute Gasteiger partial charge is 0.251 e. The molecule has 2 aromatic carbocycles. The summed E-state index contributed by atoms with van der Waals surface area (Å²) in [6.45, 7) is 6.07. The fourth-order valence-electron chi connectivity index (χ4n) is 5.06. The minimum atomic E-state index is 0.00420. The molecular formula is C29H33N5O2. The normalized spacial score (nSPS) is 16.3. The SMILES string of the molecule is CCc1cc(-c2cc(Oc3ccc4c(C)nn(C)c4c3)ccn2)ccc1C(=O)N[C@@H]1CCCN(C)C1. The number of nitrogens with zero attached hydrogens (tertiary/aromatic N) is 4. The Bertz CT molecular complexity index is 1410. The number of carbonyl (C=O) groups is 1. The van der Waals surface area contributed by atoms with Crippen LogP contribution in [0, 0.1) is 6.92 Å². The van der Waals surface area contributed by atoms with E-state index in [1.165, 1.54) is 0 Å². The number of carbonyl (C=O) groups excluding carboxylic acids is 1. The predicted octanol–water partition coefficient (Wildman–Crippen LogP) is 5.12. The molecule has 7 heteroatoms. The molecule has 0 saturated carbocycles. The third kappa shape index (κ3) is 4.97. The molecule has 186 valence electrons. The molecule has 1 fully saturated rings. The maximum absolute atomic E-state index is 13.1. The molecule has 1 amide bonds. The first-order chi connectivity index (χ1) is 17.4. The van der Waals surface area contributed by atoms with E-state index in [1.807, 2.05) is 61.1 Å². The summed E-state index contributed by atoms with van der Waals surface area (Å²) >= 11 is 0. The fraction of sp³-hybridized carbons (Fsp3) is 0.345. The highest BCUT2D eigenvalue weighted by Gasteiger charge is 2.21. The molecule has 2 aromatic heterocycles. The molecule has 1 atom stereocenters. The molecule has 3 heterocycles. The van der Waals surface area contributed by atoms with E-state index in [9.17, 15) is 4.79 Å². The van der Waals surface area contributed by atoms with Crippen molar-refractivity contribution >= 4 is 16.8 Å². The Morgan fingerprint density at radius 3 is 2.75 bits per heavy atom. The van der Waals surface area contributed by atoms with Gasteiger partial charge in [0.25, 0.3) is 5.91 Å². The van der Waals surface area contributed by atoms with Crippen LogP contribution in [0.1, 0.15) is 41.4 Å². The molecule has 36 heavy (non-hydrogen) atoms. The van der Waals surface area contributed by atoms with Gasteiger partial charge in [0.2, 0.25) is 0 Å². The Balaban J connectivity index is 1.35. The average molecular weight is 484 g/mol. The summed E-state index contributed by atoms with van der Waals surface area (Å²) in [6, 6.07) is 16.0. The van der Waals surface area contributed by atoms with Crippen molar-refractivity contribution in [2.24, 2.45) is 7.05 Å². The topological polar surface area (TPSA) is 72.3 Å². The first-order valence-corrected chi connectivity index (χ1v) is 12.6. The number of aromatic nitrogens is 3. The second-order valence-electron chi connectivity index (χ2n) is 9.67. The highest BCUT2D eigenvalue weighted by Crippen LogP contribution is 2.30. The second-order valence-corrected chi connectivity index (χ2v) is 9.67. The highest BCUT2D eigenvalue weighted by molar-refractivity contribution is 5.96. The van der Waals surface area contributed by atoms with Gasteiger partial charge in [-0.2, -0.15) is 5.10 Å². The fourth-order valence-corrected chi connectivity index (χ4v) is 5.06. The van der Waals surface area contributed by atoms with Gasteiger partial charge in [0, 0.05) is 54.5 Å². The maximum Gasteiger partial charge on any atom is 0.251 e. The van der Waals surface area contributed by atoms with Crippen molar-refractivity contribution in [3.05, 3.63) is 71.5 Å². The first kappa shape index (κ1) is 24.0. The maximum atomic E-state index is 13.1. The monoisotopic (exact) mass is 483 g/mol. The van der Waals surface area contributed by atoms with Gasteiger partial charge in [-0.3, -0.25) is 14.5 Å². The number of fused-ring (bicyclic) bond motifs is 1. The van der Waals surface area contributed by atoms with E-state index in [2.05, 4.69) is 40.3 Å². The van der Waals surface area contributed by atoms with E-state index in [1.54, 1.807) is 6.20 Å². The molecule has 0 aliphatic carbocycles. The van der Waals surface area contributed by atoms with E-state index in [0.29, 0.717) is 5.75 Å². The van der Waals surface area contributed by atoms with Crippen LogP contribution in [0.2, 0.25) is 0 Å². The lowest BCUT2D eigenvalue weighted by Gasteiger charge is -2.30. The van der Waals surface area contributed by atoms with Gasteiger partial charge >= 0.3 is 0 Å². The molecule has 7 nitrogen and oxygen atoms in total. The molecule has 5 rings (SSSR count). The number of piperidine rings is 1. The van der Waals surface area contributed by atoms with Crippen LogP contribution in [0.5, 0.6) is 11.5 Å². The van der Waals surface area contributed by atoms with Crippen molar-refractivity contribution in [2.45, 2.75) is 39.2 Å². The number of benzene rings is 2. The summed E-state index contributed by atoms with van der Waals surface area (Å²) < 4.78 is 8.04. The predicted molar refractivity (Wildman–Crippen MR) is 143 cm³/mol. The van der Waals surface area contributed by atoms with Gasteiger partial charge in [-0.15, -0.1) is 0 Å². The number of pyridine rings is 1. The van der Waals surface area contributed by atoms with Gasteiger partial charge < -0.3 is 15.0 Å². The zero-order valence-corrected chi connectivity index (χ0v) is 21.4. The van der Waals surface area contributed by atoms with E-state index in [-0.39, 0.29) is 11.9 Å². The molecular weight excluding hydrogens is 450 g/mol. The summed E-state index contributed by atoms with van der Waals surface area (Å²) in [5.41, 5.74) is 5.55. The van der Waals surface area contributed by atoms with Crippen molar-refractivity contribution in [2.75, 3.05) is 20.1 Å². The summed E-state index contributed by atoms with van der Waals surface area (Å²) in [5, 5.41) is 8.83. The average Bonchev–Trinajstić information content (AvgIpc) is 3.16. The lowest BCUT2D eigenvalue weighted by molar-refractivity contribution is 0.0911. The molecule has 0 radical (unpaired) electrons. The third-order valence-electron chi connectivity index (χ3n) is 6.96. The van der Waals surface area contributed by atoms with Gasteiger partial charge in [-0.1, -0.05) is 13.0 Å². The van der Waals surface area contributed by atoms with Gasteiger partial charge in [0.1, 0.15) is 11.5 Å². The lowest BCUT2D eigenvalue weighted by atomic mass is 9.98. The Morgan fingerprint density at radius 2 is 1.94 bits per heavy atom. The number of hydrogen-bond acceptors (Lipinski definition) is 5. The summed E-state index contributed by atoms with van der Waals surface area (Å²) in [7, 11) is 4.04. The van der Waals surface area contributed by atoms with Gasteiger partial charge in [-0.05, 0) is 75.7 Å². The number of nitrogens with one attached hydrogen (secondary N) is 1. The van der Waals surface area contributed by atoms with Crippen LogP contribution in [0.3, 0.4) is 0 Å². The zero-order valence-electron chi connectivity index (χ0n) is 21.4. The van der Waals surface area contributed by atoms with E-state index < -0.39 is 0 Å². The number of rotatable bonds is 6.